The number of carboxylic acids is 1. The molecule has 1 aliphatic heterocycles. The predicted octanol–water partition coefficient (Wildman–Crippen LogP) is 0.614. The number of hydrogen-bond acceptors (Lipinski definition) is 4. The Kier molecular flexibility index (Phi) is 4.04. The maximum Gasteiger partial charge on any atom is 0.319 e. The first-order valence-electron chi connectivity index (χ1n) is 5.88. The summed E-state index contributed by atoms with van der Waals surface area (Å²) in [4.78, 5) is 33.0. The molecule has 0 aliphatic carbocycles. The minimum Gasteiger partial charge on any atom is -0.482 e. The van der Waals surface area contributed by atoms with Gasteiger partial charge in [0, 0.05) is 12.2 Å². The van der Waals surface area contributed by atoms with Crippen LogP contribution in [0.4, 0.5) is 16.2 Å². The molecule has 4 N–H and O–H groups in total. The maximum absolute atomic E-state index is 11.5. The lowest BCUT2D eigenvalue weighted by Crippen LogP contribution is -2.30. The van der Waals surface area contributed by atoms with Crippen molar-refractivity contribution in [1.29, 1.82) is 0 Å². The zero-order chi connectivity index (χ0) is 14.5. The second-order valence-electron chi connectivity index (χ2n) is 4.07. The van der Waals surface area contributed by atoms with Crippen LogP contribution in [0.15, 0.2) is 18.2 Å². The van der Waals surface area contributed by atoms with E-state index >= 15 is 0 Å². The van der Waals surface area contributed by atoms with Crippen LogP contribution in [0.5, 0.6) is 5.75 Å². The molecule has 106 valence electrons. The highest BCUT2D eigenvalue weighted by atomic mass is 16.5. The molecule has 8 nitrogen and oxygen atoms in total. The van der Waals surface area contributed by atoms with E-state index in [1.54, 1.807) is 18.2 Å². The van der Waals surface area contributed by atoms with Crippen molar-refractivity contribution >= 4 is 29.3 Å². The van der Waals surface area contributed by atoms with Crippen molar-refractivity contribution in [2.45, 2.75) is 6.42 Å². The summed E-state index contributed by atoms with van der Waals surface area (Å²) in [6.45, 7) is 0.00139. The maximum atomic E-state index is 11.5. The normalized spacial score (nSPS) is 12.7. The Hall–Kier alpha value is -2.77. The number of carboxylic acid groups (broad SMARTS) is 1. The van der Waals surface area contributed by atoms with Crippen LogP contribution >= 0.6 is 0 Å². The van der Waals surface area contributed by atoms with Crippen molar-refractivity contribution in [3.05, 3.63) is 18.2 Å². The van der Waals surface area contributed by atoms with Gasteiger partial charge in [0.15, 0.2) is 6.61 Å². The average Bonchev–Trinajstić information content (AvgIpc) is 2.37. The topological polar surface area (TPSA) is 117 Å². The molecule has 0 unspecified atom stereocenters. The molecule has 2 rings (SSSR count). The number of hydrogen-bond donors (Lipinski definition) is 4. The summed E-state index contributed by atoms with van der Waals surface area (Å²) >= 11 is 0. The molecule has 0 atom stereocenters. The van der Waals surface area contributed by atoms with E-state index in [0.29, 0.717) is 17.1 Å². The molecular weight excluding hydrogens is 266 g/mol. The summed E-state index contributed by atoms with van der Waals surface area (Å²) in [6, 6.07) is 4.28. The average molecular weight is 279 g/mol. The number of anilines is 2. The standard InChI is InChI=1S/C12H13N3O5/c16-10-6-20-9-2-1-7(5-8(9)15-10)14-12(19)13-4-3-11(17)18/h1-2,5H,3-4,6H2,(H,15,16)(H,17,18)(H2,13,14,19). The number of fused-ring (bicyclic) bond motifs is 1. The van der Waals surface area contributed by atoms with Crippen LogP contribution in [-0.2, 0) is 9.59 Å². The number of ether oxygens (including phenoxy) is 1. The fourth-order valence-electron chi connectivity index (χ4n) is 1.62. The molecule has 20 heavy (non-hydrogen) atoms. The van der Waals surface area contributed by atoms with Gasteiger partial charge in [-0.1, -0.05) is 0 Å². The molecular formula is C12H13N3O5. The Morgan fingerprint density at radius 1 is 1.40 bits per heavy atom. The summed E-state index contributed by atoms with van der Waals surface area (Å²) in [5.41, 5.74) is 0.937. The number of carbonyl (C=O) groups excluding carboxylic acids is 2. The van der Waals surface area contributed by atoms with Gasteiger partial charge in [-0.15, -0.1) is 0 Å². The van der Waals surface area contributed by atoms with E-state index in [2.05, 4.69) is 16.0 Å². The number of urea groups is 1. The SMILES string of the molecule is O=C(O)CCNC(=O)Nc1ccc2c(c1)NC(=O)CO2. The molecule has 0 bridgehead atoms. The molecule has 0 aromatic heterocycles. The van der Waals surface area contributed by atoms with Gasteiger partial charge in [0.05, 0.1) is 12.1 Å². The van der Waals surface area contributed by atoms with Crippen LogP contribution in [0.1, 0.15) is 6.42 Å². The second kappa shape index (κ2) is 5.91. The minimum atomic E-state index is -0.987. The van der Waals surface area contributed by atoms with Gasteiger partial charge >= 0.3 is 12.0 Å². The molecule has 0 radical (unpaired) electrons. The van der Waals surface area contributed by atoms with Crippen LogP contribution in [0.2, 0.25) is 0 Å². The molecule has 1 heterocycles. The summed E-state index contributed by atoms with van der Waals surface area (Å²) in [6.07, 6.45) is -0.151. The summed E-state index contributed by atoms with van der Waals surface area (Å²) in [5, 5.41) is 16.0. The van der Waals surface area contributed by atoms with Crippen molar-refractivity contribution in [1.82, 2.24) is 5.32 Å². The lowest BCUT2D eigenvalue weighted by Gasteiger charge is -2.18. The Bertz CT molecular complexity index is 558. The predicted molar refractivity (Wildman–Crippen MR) is 69.8 cm³/mol. The Morgan fingerprint density at radius 3 is 2.95 bits per heavy atom. The van der Waals surface area contributed by atoms with E-state index in [-0.39, 0.29) is 25.5 Å². The first kappa shape index (κ1) is 13.7. The summed E-state index contributed by atoms with van der Waals surface area (Å²) in [7, 11) is 0. The van der Waals surface area contributed by atoms with Crippen molar-refractivity contribution in [3.63, 3.8) is 0 Å². The molecule has 3 amide bonds. The van der Waals surface area contributed by atoms with E-state index in [0.717, 1.165) is 0 Å². The van der Waals surface area contributed by atoms with E-state index in [1.807, 2.05) is 0 Å². The zero-order valence-electron chi connectivity index (χ0n) is 10.4. The Labute approximate surface area is 114 Å². The summed E-state index contributed by atoms with van der Waals surface area (Å²) < 4.78 is 5.18. The van der Waals surface area contributed by atoms with Gasteiger partial charge in [0.1, 0.15) is 5.75 Å². The fourth-order valence-corrected chi connectivity index (χ4v) is 1.62. The van der Waals surface area contributed by atoms with Crippen molar-refractivity contribution in [3.8, 4) is 5.75 Å². The van der Waals surface area contributed by atoms with Gasteiger partial charge in [0.25, 0.3) is 5.91 Å². The van der Waals surface area contributed by atoms with Gasteiger partial charge in [-0.3, -0.25) is 9.59 Å². The molecule has 1 aliphatic rings. The number of aliphatic carboxylic acids is 1. The highest BCUT2D eigenvalue weighted by Gasteiger charge is 2.16. The van der Waals surface area contributed by atoms with Crippen molar-refractivity contribution < 1.29 is 24.2 Å². The van der Waals surface area contributed by atoms with Crippen LogP contribution in [-0.4, -0.2) is 36.2 Å². The quantitative estimate of drug-likeness (QED) is 0.644. The lowest BCUT2D eigenvalue weighted by atomic mass is 10.2. The first-order valence-corrected chi connectivity index (χ1v) is 5.88. The van der Waals surface area contributed by atoms with Gasteiger partial charge in [-0.05, 0) is 18.2 Å². The molecule has 0 saturated carbocycles. The zero-order valence-corrected chi connectivity index (χ0v) is 10.4. The van der Waals surface area contributed by atoms with Gasteiger partial charge in [-0.2, -0.15) is 0 Å². The van der Waals surface area contributed by atoms with Crippen LogP contribution in [0.3, 0.4) is 0 Å². The third kappa shape index (κ3) is 3.61. The number of carbonyl (C=O) groups is 3. The third-order valence-electron chi connectivity index (χ3n) is 2.49. The summed E-state index contributed by atoms with van der Waals surface area (Å²) in [5.74, 6) is -0.721. The molecule has 0 saturated heterocycles. The van der Waals surface area contributed by atoms with Crippen molar-refractivity contribution in [2.24, 2.45) is 0 Å². The number of rotatable bonds is 4. The largest absolute Gasteiger partial charge is 0.482 e. The van der Waals surface area contributed by atoms with E-state index in [4.69, 9.17) is 9.84 Å². The monoisotopic (exact) mass is 279 g/mol. The number of amides is 3. The Balaban J connectivity index is 1.93. The van der Waals surface area contributed by atoms with Crippen LogP contribution in [0, 0.1) is 0 Å². The Morgan fingerprint density at radius 2 is 2.20 bits per heavy atom. The van der Waals surface area contributed by atoms with Crippen LogP contribution in [0.25, 0.3) is 0 Å². The lowest BCUT2D eigenvalue weighted by molar-refractivity contribution is -0.136. The first-order chi connectivity index (χ1) is 9.54. The van der Waals surface area contributed by atoms with Gasteiger partial charge in [-0.25, -0.2) is 4.79 Å². The highest BCUT2D eigenvalue weighted by molar-refractivity contribution is 5.97. The highest BCUT2D eigenvalue weighted by Crippen LogP contribution is 2.30. The van der Waals surface area contributed by atoms with Gasteiger partial charge in [0.2, 0.25) is 0 Å². The van der Waals surface area contributed by atoms with E-state index in [9.17, 15) is 14.4 Å². The smallest absolute Gasteiger partial charge is 0.319 e. The van der Waals surface area contributed by atoms with Gasteiger partial charge < -0.3 is 25.8 Å². The van der Waals surface area contributed by atoms with E-state index < -0.39 is 12.0 Å². The molecule has 1 aromatic carbocycles. The van der Waals surface area contributed by atoms with Crippen LogP contribution < -0.4 is 20.7 Å². The van der Waals surface area contributed by atoms with E-state index in [1.165, 1.54) is 0 Å². The molecule has 8 heteroatoms. The third-order valence-corrected chi connectivity index (χ3v) is 2.49. The molecule has 1 aromatic rings. The minimum absolute atomic E-state index is 0.0323. The fraction of sp³-hybridized carbons (Fsp3) is 0.250. The molecule has 0 fully saturated rings. The number of nitrogens with one attached hydrogen (secondary N) is 3. The van der Waals surface area contributed by atoms with Crippen molar-refractivity contribution in [2.75, 3.05) is 23.8 Å². The molecule has 0 spiro atoms. The number of benzene rings is 1. The second-order valence-corrected chi connectivity index (χ2v) is 4.07.